The van der Waals surface area contributed by atoms with Crippen molar-refractivity contribution in [2.45, 2.75) is 39.2 Å². The van der Waals surface area contributed by atoms with Crippen LogP contribution in [0.15, 0.2) is 30.7 Å². The monoisotopic (exact) mass is 461 g/mol. The first-order chi connectivity index (χ1) is 15.7. The number of nitrogens with zero attached hydrogens (tertiary/aromatic N) is 6. The predicted octanol–water partition coefficient (Wildman–Crippen LogP) is 3.24. The van der Waals surface area contributed by atoms with E-state index in [1.165, 1.54) is 6.20 Å². The Morgan fingerprint density at radius 3 is 2.70 bits per heavy atom. The first-order valence-electron chi connectivity index (χ1n) is 10.1. The van der Waals surface area contributed by atoms with Crippen LogP contribution in [0.4, 0.5) is 42.1 Å². The summed E-state index contributed by atoms with van der Waals surface area (Å²) in [4.78, 5) is 27.0. The Kier molecular flexibility index (Phi) is 6.03. The summed E-state index contributed by atoms with van der Waals surface area (Å²) in [6.07, 6.45) is -1.66. The Labute approximate surface area is 187 Å². The van der Waals surface area contributed by atoms with Gasteiger partial charge in [-0.2, -0.15) is 10.1 Å². The third-order valence-corrected chi connectivity index (χ3v) is 5.22. The molecule has 10 nitrogen and oxygen atoms in total. The molecular formula is C20H22F3N9O. The molecule has 1 amide bonds. The number of hydrogen-bond acceptors (Lipinski definition) is 8. The fourth-order valence-corrected chi connectivity index (χ4v) is 3.21. The summed E-state index contributed by atoms with van der Waals surface area (Å²) in [6.45, 7) is 3.99. The van der Waals surface area contributed by atoms with E-state index < -0.39 is 12.7 Å². The number of alkyl halides is 3. The minimum absolute atomic E-state index is 0.108. The number of pyridine rings is 1. The fraction of sp³-hybridized carbons (Fsp3) is 0.350. The van der Waals surface area contributed by atoms with Gasteiger partial charge in [0.05, 0.1) is 23.8 Å². The van der Waals surface area contributed by atoms with Crippen LogP contribution in [-0.4, -0.2) is 50.2 Å². The number of rotatable bonds is 7. The lowest BCUT2D eigenvalue weighted by Crippen LogP contribution is -2.44. The number of amides is 1. The van der Waals surface area contributed by atoms with Gasteiger partial charge < -0.3 is 20.9 Å². The van der Waals surface area contributed by atoms with Crippen molar-refractivity contribution in [3.8, 4) is 0 Å². The van der Waals surface area contributed by atoms with E-state index in [-0.39, 0.29) is 11.9 Å². The van der Waals surface area contributed by atoms with Crippen molar-refractivity contribution < 1.29 is 18.0 Å². The van der Waals surface area contributed by atoms with Crippen molar-refractivity contribution in [2.75, 3.05) is 27.9 Å². The molecule has 0 radical (unpaired) electrons. The first kappa shape index (κ1) is 22.3. The number of hydrogen-bond donors (Lipinski definition) is 3. The average Bonchev–Trinajstić information content (AvgIpc) is 3.25. The summed E-state index contributed by atoms with van der Waals surface area (Å²) >= 11 is 0. The number of aryl methyl sites for hydroxylation is 1. The standard InChI is InChI=1S/C20H22F3N9O/c1-10-15-18(31(3)11(2)19(33)29-15)30-20(27-10)25-7-12-4-5-14(24-6-12)28-13-8-26-32(9-13)17(23)16(21)22/h4-6,8-9,11,16-17H,7H2,1-3H3,(H,24,28)(H,29,33)(H,25,27,30)/t11-,17?/m0/s1. The zero-order valence-electron chi connectivity index (χ0n) is 18.1. The second-order valence-corrected chi connectivity index (χ2v) is 7.55. The van der Waals surface area contributed by atoms with Gasteiger partial charge >= 0.3 is 0 Å². The van der Waals surface area contributed by atoms with E-state index in [0.29, 0.717) is 45.9 Å². The molecule has 0 bridgehead atoms. The van der Waals surface area contributed by atoms with Crippen LogP contribution >= 0.6 is 0 Å². The molecule has 174 valence electrons. The Morgan fingerprint density at radius 1 is 1.21 bits per heavy atom. The van der Waals surface area contributed by atoms with Crippen molar-refractivity contribution in [2.24, 2.45) is 0 Å². The number of nitrogens with one attached hydrogen (secondary N) is 3. The van der Waals surface area contributed by atoms with E-state index in [1.807, 2.05) is 6.07 Å². The molecule has 13 heteroatoms. The highest BCUT2D eigenvalue weighted by atomic mass is 19.3. The quantitative estimate of drug-likeness (QED) is 0.492. The van der Waals surface area contributed by atoms with E-state index in [2.05, 4.69) is 36.0 Å². The molecule has 0 saturated heterocycles. The smallest absolute Gasteiger partial charge is 0.289 e. The fourth-order valence-electron chi connectivity index (χ4n) is 3.21. The van der Waals surface area contributed by atoms with Gasteiger partial charge in [-0.05, 0) is 25.5 Å². The first-order valence-corrected chi connectivity index (χ1v) is 10.1. The number of anilines is 5. The molecule has 0 aliphatic carbocycles. The molecule has 4 rings (SSSR count). The summed E-state index contributed by atoms with van der Waals surface area (Å²) in [5.74, 6) is 1.38. The molecule has 3 N–H and O–H groups in total. The average molecular weight is 461 g/mol. The van der Waals surface area contributed by atoms with Crippen LogP contribution in [0, 0.1) is 6.92 Å². The van der Waals surface area contributed by atoms with E-state index in [9.17, 15) is 18.0 Å². The summed E-state index contributed by atoms with van der Waals surface area (Å²) in [7, 11) is 1.80. The van der Waals surface area contributed by atoms with Crippen LogP contribution in [0.3, 0.4) is 0 Å². The molecular weight excluding hydrogens is 439 g/mol. The van der Waals surface area contributed by atoms with E-state index in [4.69, 9.17) is 0 Å². The highest BCUT2D eigenvalue weighted by Crippen LogP contribution is 2.32. The van der Waals surface area contributed by atoms with Crippen LogP contribution < -0.4 is 20.9 Å². The summed E-state index contributed by atoms with van der Waals surface area (Å²) in [6, 6.07) is 3.16. The van der Waals surface area contributed by atoms with Crippen molar-refractivity contribution in [1.29, 1.82) is 0 Å². The summed E-state index contributed by atoms with van der Waals surface area (Å²) in [5.41, 5.74) is 2.42. The molecule has 3 aromatic heterocycles. The molecule has 0 aromatic carbocycles. The van der Waals surface area contributed by atoms with Gasteiger partial charge in [0.25, 0.3) is 12.7 Å². The van der Waals surface area contributed by atoms with E-state index in [0.717, 1.165) is 11.8 Å². The second-order valence-electron chi connectivity index (χ2n) is 7.55. The third kappa shape index (κ3) is 4.66. The van der Waals surface area contributed by atoms with E-state index >= 15 is 0 Å². The molecule has 3 aromatic rings. The third-order valence-electron chi connectivity index (χ3n) is 5.22. The van der Waals surface area contributed by atoms with Gasteiger partial charge in [0.2, 0.25) is 11.9 Å². The van der Waals surface area contributed by atoms with Crippen molar-refractivity contribution in [3.05, 3.63) is 42.0 Å². The largest absolute Gasteiger partial charge is 0.350 e. The SMILES string of the molecule is Cc1nc(NCc2ccc(Nc3cnn(C(F)C(F)F)c3)nc2)nc2c1NC(=O)[C@H](C)N2C. The maximum atomic E-state index is 13.3. The lowest BCUT2D eigenvalue weighted by molar-refractivity contribution is -0.117. The maximum absolute atomic E-state index is 13.3. The van der Waals surface area contributed by atoms with Gasteiger partial charge in [0.1, 0.15) is 17.5 Å². The number of aromatic nitrogens is 5. The topological polar surface area (TPSA) is 113 Å². The lowest BCUT2D eigenvalue weighted by atomic mass is 10.2. The zero-order valence-corrected chi connectivity index (χ0v) is 18.1. The van der Waals surface area contributed by atoms with Gasteiger partial charge in [0, 0.05) is 19.8 Å². The molecule has 33 heavy (non-hydrogen) atoms. The van der Waals surface area contributed by atoms with Crippen LogP contribution in [-0.2, 0) is 11.3 Å². The van der Waals surface area contributed by atoms with Gasteiger partial charge in [-0.1, -0.05) is 6.07 Å². The van der Waals surface area contributed by atoms with Crippen LogP contribution in [0.25, 0.3) is 0 Å². The molecule has 2 atom stereocenters. The minimum atomic E-state index is -3.16. The molecule has 1 unspecified atom stereocenters. The van der Waals surface area contributed by atoms with Crippen molar-refractivity contribution in [3.63, 3.8) is 0 Å². The van der Waals surface area contributed by atoms with Crippen LogP contribution in [0.1, 0.15) is 24.5 Å². The van der Waals surface area contributed by atoms with Gasteiger partial charge in [-0.3, -0.25) is 4.79 Å². The van der Waals surface area contributed by atoms with Gasteiger partial charge in [-0.15, -0.1) is 0 Å². The molecule has 0 saturated carbocycles. The van der Waals surface area contributed by atoms with Crippen molar-refractivity contribution >= 4 is 34.9 Å². The maximum Gasteiger partial charge on any atom is 0.289 e. The normalized spacial score (nSPS) is 16.4. The Bertz CT molecular complexity index is 1150. The number of halogens is 3. The molecule has 0 fully saturated rings. The van der Waals surface area contributed by atoms with E-state index in [1.54, 1.807) is 38.1 Å². The highest BCUT2D eigenvalue weighted by Gasteiger charge is 2.30. The van der Waals surface area contributed by atoms with Crippen LogP contribution in [0.5, 0.6) is 0 Å². The van der Waals surface area contributed by atoms with Gasteiger partial charge in [-0.25, -0.2) is 27.8 Å². The number of fused-ring (bicyclic) bond motifs is 1. The summed E-state index contributed by atoms with van der Waals surface area (Å²) in [5, 5.41) is 12.4. The highest BCUT2D eigenvalue weighted by molar-refractivity contribution is 6.03. The lowest BCUT2D eigenvalue weighted by Gasteiger charge is -2.32. The number of carbonyl (C=O) groups excluding carboxylic acids is 1. The minimum Gasteiger partial charge on any atom is -0.350 e. The molecule has 0 spiro atoms. The van der Waals surface area contributed by atoms with Crippen LogP contribution in [0.2, 0.25) is 0 Å². The zero-order chi connectivity index (χ0) is 23.7. The Balaban J connectivity index is 1.39. The molecule has 1 aliphatic heterocycles. The Hall–Kier alpha value is -3.90. The molecule has 4 heterocycles. The van der Waals surface area contributed by atoms with Crippen molar-refractivity contribution in [1.82, 2.24) is 24.7 Å². The predicted molar refractivity (Wildman–Crippen MR) is 116 cm³/mol. The summed E-state index contributed by atoms with van der Waals surface area (Å²) < 4.78 is 38.8. The Morgan fingerprint density at radius 2 is 2.00 bits per heavy atom. The number of likely N-dealkylation sites (N-methyl/N-ethyl adjacent to an activating group) is 1. The second kappa shape index (κ2) is 8.92. The number of carbonyl (C=O) groups is 1. The van der Waals surface area contributed by atoms with Gasteiger partial charge in [0.15, 0.2) is 5.82 Å². The molecule has 1 aliphatic rings.